The van der Waals surface area contributed by atoms with Crippen LogP contribution in [0.2, 0.25) is 0 Å². The summed E-state index contributed by atoms with van der Waals surface area (Å²) in [4.78, 5) is 19.5. The van der Waals surface area contributed by atoms with Gasteiger partial charge in [-0.3, -0.25) is 9.78 Å². The zero-order valence-electron chi connectivity index (χ0n) is 21.1. The third-order valence-electron chi connectivity index (χ3n) is 6.74. The van der Waals surface area contributed by atoms with E-state index in [1.807, 2.05) is 56.1 Å². The Bertz CT molecular complexity index is 968. The van der Waals surface area contributed by atoms with E-state index in [-0.39, 0.29) is 35.9 Å². The lowest BCUT2D eigenvalue weighted by atomic mass is 9.80. The minimum Gasteiger partial charge on any atom is -0.491 e. The molecule has 1 aromatic heterocycles. The Morgan fingerprint density at radius 3 is 2.53 bits per heavy atom. The lowest BCUT2D eigenvalue weighted by Crippen LogP contribution is -2.52. The van der Waals surface area contributed by atoms with Gasteiger partial charge in [0.05, 0.1) is 30.0 Å². The van der Waals surface area contributed by atoms with Crippen molar-refractivity contribution in [3.63, 3.8) is 0 Å². The van der Waals surface area contributed by atoms with Crippen molar-refractivity contribution in [3.8, 4) is 5.75 Å². The highest BCUT2D eigenvalue weighted by Gasteiger charge is 2.45. The Balaban J connectivity index is 1.45. The van der Waals surface area contributed by atoms with Gasteiger partial charge in [0.1, 0.15) is 5.75 Å². The number of ether oxygens (including phenoxy) is 3. The van der Waals surface area contributed by atoms with Crippen molar-refractivity contribution in [2.75, 3.05) is 13.1 Å². The van der Waals surface area contributed by atoms with Crippen LogP contribution in [-0.2, 0) is 9.47 Å². The Labute approximate surface area is 203 Å². The molecule has 1 aromatic carbocycles. The van der Waals surface area contributed by atoms with Gasteiger partial charge in [-0.05, 0) is 82.9 Å². The van der Waals surface area contributed by atoms with Crippen LogP contribution >= 0.6 is 0 Å². The molecule has 2 aliphatic rings. The predicted octanol–water partition coefficient (Wildman–Crippen LogP) is 5.50. The van der Waals surface area contributed by atoms with Crippen molar-refractivity contribution in [1.82, 2.24) is 9.88 Å². The molecule has 6 nitrogen and oxygen atoms in total. The number of aryl methyl sites for hydroxylation is 1. The minimum absolute atomic E-state index is 0.0374. The maximum atomic E-state index is 13.3. The number of likely N-dealkylation sites (tertiary alicyclic amines) is 1. The molecule has 184 valence electrons. The minimum atomic E-state index is -0.278. The molecule has 2 atom stereocenters. The number of nitrogens with zero attached hydrogens (tertiary/aromatic N) is 2. The summed E-state index contributed by atoms with van der Waals surface area (Å²) >= 11 is 0. The van der Waals surface area contributed by atoms with Crippen molar-refractivity contribution >= 4 is 5.91 Å². The summed E-state index contributed by atoms with van der Waals surface area (Å²) in [5.41, 5.74) is 2.51. The fraction of sp³-hybridized carbons (Fsp3) is 0.571. The van der Waals surface area contributed by atoms with Crippen molar-refractivity contribution in [3.05, 3.63) is 59.4 Å². The lowest BCUT2D eigenvalue weighted by molar-refractivity contribution is -0.197. The van der Waals surface area contributed by atoms with Gasteiger partial charge in [-0.2, -0.15) is 0 Å². The highest BCUT2D eigenvalue weighted by molar-refractivity contribution is 5.94. The van der Waals surface area contributed by atoms with Crippen LogP contribution in [0.25, 0.3) is 0 Å². The highest BCUT2D eigenvalue weighted by Crippen LogP contribution is 2.44. The second-order valence-electron chi connectivity index (χ2n) is 10.3. The average molecular weight is 467 g/mol. The maximum Gasteiger partial charge on any atom is 0.253 e. The summed E-state index contributed by atoms with van der Waals surface area (Å²) in [6, 6.07) is 9.76. The molecule has 1 amide bonds. The molecule has 6 heteroatoms. The van der Waals surface area contributed by atoms with Crippen LogP contribution in [0.3, 0.4) is 0 Å². The predicted molar refractivity (Wildman–Crippen MR) is 132 cm³/mol. The zero-order chi connectivity index (χ0) is 24.3. The first-order chi connectivity index (χ1) is 16.2. The third-order valence-corrected chi connectivity index (χ3v) is 6.74. The van der Waals surface area contributed by atoms with Gasteiger partial charge in [-0.1, -0.05) is 6.07 Å². The maximum absolute atomic E-state index is 13.3. The summed E-state index contributed by atoms with van der Waals surface area (Å²) in [6.07, 6.45) is 7.36. The van der Waals surface area contributed by atoms with E-state index in [1.54, 1.807) is 6.20 Å². The monoisotopic (exact) mass is 466 g/mol. The first kappa shape index (κ1) is 24.7. The van der Waals surface area contributed by atoms with Gasteiger partial charge in [0.2, 0.25) is 0 Å². The molecule has 2 aromatic rings. The summed E-state index contributed by atoms with van der Waals surface area (Å²) in [7, 11) is 0. The van der Waals surface area contributed by atoms with Crippen LogP contribution < -0.4 is 4.74 Å². The quantitative estimate of drug-likeness (QED) is 0.563. The molecular weight excluding hydrogens is 428 g/mol. The summed E-state index contributed by atoms with van der Waals surface area (Å²) in [5.74, 6) is 0.904. The van der Waals surface area contributed by atoms with Gasteiger partial charge in [0.25, 0.3) is 5.91 Å². The molecule has 0 bridgehead atoms. The fourth-order valence-corrected chi connectivity index (χ4v) is 5.18. The molecule has 34 heavy (non-hydrogen) atoms. The highest BCUT2D eigenvalue weighted by atomic mass is 16.5. The van der Waals surface area contributed by atoms with Gasteiger partial charge in [0, 0.05) is 43.9 Å². The van der Waals surface area contributed by atoms with E-state index in [4.69, 9.17) is 14.2 Å². The van der Waals surface area contributed by atoms with Crippen LogP contribution in [-0.4, -0.2) is 52.8 Å². The van der Waals surface area contributed by atoms with Gasteiger partial charge >= 0.3 is 0 Å². The van der Waals surface area contributed by atoms with E-state index in [2.05, 4.69) is 24.9 Å². The van der Waals surface area contributed by atoms with Gasteiger partial charge in [-0.15, -0.1) is 0 Å². The molecule has 3 heterocycles. The number of pyridine rings is 1. The Morgan fingerprint density at radius 1 is 1.15 bits per heavy atom. The SMILES string of the molecule is Cc1cc(C(=O)N2CCC3(CC2)C[C@H](OC(C)C)C[C@H](c2cccnc2)O3)ccc1OC(C)C. The molecule has 0 saturated carbocycles. The van der Waals surface area contributed by atoms with Gasteiger partial charge in [0.15, 0.2) is 0 Å². The van der Waals surface area contributed by atoms with Crippen molar-refractivity contribution in [1.29, 1.82) is 0 Å². The smallest absolute Gasteiger partial charge is 0.253 e. The molecular formula is C28H38N2O4. The molecule has 2 fully saturated rings. The lowest BCUT2D eigenvalue weighted by Gasteiger charge is -2.49. The normalized spacial score (nSPS) is 22.4. The zero-order valence-corrected chi connectivity index (χ0v) is 21.1. The van der Waals surface area contributed by atoms with Crippen molar-refractivity contribution in [2.45, 2.75) is 90.3 Å². The van der Waals surface area contributed by atoms with Crippen LogP contribution in [0.5, 0.6) is 5.75 Å². The third kappa shape index (κ3) is 5.78. The van der Waals surface area contributed by atoms with Crippen molar-refractivity contribution < 1.29 is 19.0 Å². The number of carbonyl (C=O) groups is 1. The molecule has 4 rings (SSSR count). The molecule has 0 unspecified atom stereocenters. The molecule has 1 spiro atoms. The number of amides is 1. The second-order valence-corrected chi connectivity index (χ2v) is 10.3. The van der Waals surface area contributed by atoms with Gasteiger partial charge in [-0.25, -0.2) is 0 Å². The standard InChI is InChI=1S/C28H38N2O4/c1-19(2)32-24-16-26(23-7-6-12-29-18-23)34-28(17-24)10-13-30(14-11-28)27(31)22-8-9-25(21(5)15-22)33-20(3)4/h6-9,12,15,18-20,24,26H,10-11,13-14,16-17H2,1-5H3/t24-,26-/m1/s1. The number of aromatic nitrogens is 1. The largest absolute Gasteiger partial charge is 0.491 e. The summed E-state index contributed by atoms with van der Waals surface area (Å²) < 4.78 is 18.8. The molecule has 0 aliphatic carbocycles. The number of carbonyl (C=O) groups excluding carboxylic acids is 1. The number of hydrogen-bond donors (Lipinski definition) is 0. The van der Waals surface area contributed by atoms with Crippen LogP contribution in [0.1, 0.15) is 81.0 Å². The average Bonchev–Trinajstić information content (AvgIpc) is 2.80. The second kappa shape index (κ2) is 10.4. The number of benzene rings is 1. The Morgan fingerprint density at radius 2 is 1.91 bits per heavy atom. The van der Waals surface area contributed by atoms with Crippen LogP contribution in [0, 0.1) is 6.92 Å². The van der Waals surface area contributed by atoms with Crippen molar-refractivity contribution in [2.24, 2.45) is 0 Å². The summed E-state index contributed by atoms with van der Waals surface area (Å²) in [5, 5.41) is 0. The van der Waals surface area contributed by atoms with Crippen LogP contribution in [0.4, 0.5) is 0 Å². The van der Waals surface area contributed by atoms with Crippen LogP contribution in [0.15, 0.2) is 42.7 Å². The van der Waals surface area contributed by atoms with E-state index in [0.29, 0.717) is 18.7 Å². The Hall–Kier alpha value is -2.44. The summed E-state index contributed by atoms with van der Waals surface area (Å²) in [6.45, 7) is 11.5. The van der Waals surface area contributed by atoms with E-state index in [9.17, 15) is 4.79 Å². The Kier molecular flexibility index (Phi) is 7.58. The molecule has 0 radical (unpaired) electrons. The molecule has 2 aliphatic heterocycles. The van der Waals surface area contributed by atoms with E-state index >= 15 is 0 Å². The fourth-order valence-electron chi connectivity index (χ4n) is 5.18. The number of piperidine rings is 1. The molecule has 0 N–H and O–H groups in total. The first-order valence-corrected chi connectivity index (χ1v) is 12.5. The van der Waals surface area contributed by atoms with E-state index in [0.717, 1.165) is 42.6 Å². The number of rotatable bonds is 6. The molecule has 2 saturated heterocycles. The van der Waals surface area contributed by atoms with E-state index in [1.165, 1.54) is 0 Å². The topological polar surface area (TPSA) is 60.9 Å². The number of hydrogen-bond acceptors (Lipinski definition) is 5. The first-order valence-electron chi connectivity index (χ1n) is 12.5. The van der Waals surface area contributed by atoms with Gasteiger partial charge < -0.3 is 19.1 Å². The van der Waals surface area contributed by atoms with E-state index < -0.39 is 0 Å².